The molecule has 2 aromatic rings. The van der Waals surface area contributed by atoms with Crippen LogP contribution in [-0.4, -0.2) is 29.6 Å². The first-order valence-corrected chi connectivity index (χ1v) is 8.68. The van der Waals surface area contributed by atoms with Crippen LogP contribution in [0, 0.1) is 21.4 Å². The Balaban J connectivity index is 2.13. The number of amides is 1. The lowest BCUT2D eigenvalue weighted by Crippen LogP contribution is -2.37. The van der Waals surface area contributed by atoms with Crippen molar-refractivity contribution >= 4 is 44.9 Å². The van der Waals surface area contributed by atoms with Gasteiger partial charge in [-0.05, 0) is 53.2 Å². The van der Waals surface area contributed by atoms with Gasteiger partial charge in [-0.1, -0.05) is 0 Å². The summed E-state index contributed by atoms with van der Waals surface area (Å²) in [5.74, 6) is -2.59. The number of anilines is 1. The van der Waals surface area contributed by atoms with E-state index in [-0.39, 0.29) is 17.1 Å². The zero-order chi connectivity index (χ0) is 20.8. The number of halogens is 1. The molecule has 9 nitrogen and oxygen atoms in total. The van der Waals surface area contributed by atoms with Crippen molar-refractivity contribution in [2.75, 3.05) is 12.4 Å². The minimum atomic E-state index is -1.48. The Morgan fingerprint density at radius 3 is 2.36 bits per heavy atom. The number of nitro benzene ring substituents is 1. The van der Waals surface area contributed by atoms with E-state index in [9.17, 15) is 19.7 Å². The number of hydrogen-bond acceptors (Lipinski definition) is 7. The number of methoxy groups -OCH3 is 1. The number of ether oxygens (including phenoxy) is 2. The fourth-order valence-electron chi connectivity index (χ4n) is 2.25. The smallest absolute Gasteiger partial charge is 0.329 e. The van der Waals surface area contributed by atoms with Crippen LogP contribution in [0.25, 0.3) is 0 Å². The summed E-state index contributed by atoms with van der Waals surface area (Å²) in [5, 5.41) is 21.0. The molecule has 28 heavy (non-hydrogen) atoms. The standard InChI is InChI=1S/C18H16BrN3O6/c1-10(20)16(17(23)21-11-3-8-15(27-2)14(19)9-11)18(24)28-13-6-4-12(5-7-13)22(25)26/h3-9,16,20H,1-2H3,(H,21,23). The SMILES string of the molecule is COc1ccc(NC(=O)C(C(C)=N)C(=O)Oc2ccc([N+](=O)[O-])cc2)cc1Br. The molecule has 10 heteroatoms. The van der Waals surface area contributed by atoms with Crippen molar-refractivity contribution in [2.45, 2.75) is 6.92 Å². The van der Waals surface area contributed by atoms with E-state index in [4.69, 9.17) is 14.9 Å². The molecule has 0 radical (unpaired) electrons. The molecular weight excluding hydrogens is 434 g/mol. The molecule has 2 aromatic carbocycles. The second kappa shape index (κ2) is 9.09. The zero-order valence-electron chi connectivity index (χ0n) is 14.9. The number of nitro groups is 1. The summed E-state index contributed by atoms with van der Waals surface area (Å²) in [6.07, 6.45) is 0. The second-order valence-electron chi connectivity index (χ2n) is 5.63. The first kappa shape index (κ1) is 21.0. The number of carbonyl (C=O) groups is 2. The molecule has 1 amide bonds. The zero-order valence-corrected chi connectivity index (χ0v) is 16.5. The van der Waals surface area contributed by atoms with E-state index in [0.717, 1.165) is 0 Å². The van der Waals surface area contributed by atoms with Crippen molar-refractivity contribution in [1.82, 2.24) is 0 Å². The minimum Gasteiger partial charge on any atom is -0.496 e. The van der Waals surface area contributed by atoms with Crippen LogP contribution in [-0.2, 0) is 9.59 Å². The molecule has 1 unspecified atom stereocenters. The first-order valence-electron chi connectivity index (χ1n) is 7.88. The van der Waals surface area contributed by atoms with E-state index >= 15 is 0 Å². The third-order valence-electron chi connectivity index (χ3n) is 3.62. The monoisotopic (exact) mass is 449 g/mol. The van der Waals surface area contributed by atoms with Gasteiger partial charge in [-0.2, -0.15) is 0 Å². The lowest BCUT2D eigenvalue weighted by molar-refractivity contribution is -0.384. The maximum Gasteiger partial charge on any atom is 0.329 e. The predicted molar refractivity (Wildman–Crippen MR) is 105 cm³/mol. The van der Waals surface area contributed by atoms with E-state index < -0.39 is 22.7 Å². The number of nitrogens with zero attached hydrogens (tertiary/aromatic N) is 1. The lowest BCUT2D eigenvalue weighted by Gasteiger charge is -2.15. The third-order valence-corrected chi connectivity index (χ3v) is 4.24. The van der Waals surface area contributed by atoms with E-state index in [1.54, 1.807) is 18.2 Å². The van der Waals surface area contributed by atoms with Crippen LogP contribution in [0.1, 0.15) is 6.92 Å². The van der Waals surface area contributed by atoms with E-state index in [1.807, 2.05) is 0 Å². The highest BCUT2D eigenvalue weighted by Crippen LogP contribution is 2.28. The molecule has 0 aliphatic heterocycles. The largest absolute Gasteiger partial charge is 0.496 e. The van der Waals surface area contributed by atoms with Gasteiger partial charge in [0.2, 0.25) is 5.91 Å². The third kappa shape index (κ3) is 5.13. The number of non-ortho nitro benzene ring substituents is 1. The van der Waals surface area contributed by atoms with Gasteiger partial charge in [-0.3, -0.25) is 19.7 Å². The molecule has 0 spiro atoms. The van der Waals surface area contributed by atoms with Gasteiger partial charge in [-0.25, -0.2) is 0 Å². The van der Waals surface area contributed by atoms with Crippen LogP contribution in [0.2, 0.25) is 0 Å². The highest BCUT2D eigenvalue weighted by molar-refractivity contribution is 9.10. The molecule has 0 heterocycles. The maximum atomic E-state index is 12.5. The average molecular weight is 450 g/mol. The van der Waals surface area contributed by atoms with Gasteiger partial charge in [0.15, 0.2) is 5.92 Å². The normalized spacial score (nSPS) is 11.2. The van der Waals surface area contributed by atoms with Gasteiger partial charge in [0, 0.05) is 23.5 Å². The Kier molecular flexibility index (Phi) is 6.83. The highest BCUT2D eigenvalue weighted by atomic mass is 79.9. The van der Waals surface area contributed by atoms with Crippen LogP contribution in [0.5, 0.6) is 11.5 Å². The number of benzene rings is 2. The Labute approximate surface area is 168 Å². The summed E-state index contributed by atoms with van der Waals surface area (Å²) in [4.78, 5) is 35.0. The maximum absolute atomic E-state index is 12.5. The van der Waals surface area contributed by atoms with Crippen molar-refractivity contribution in [3.05, 3.63) is 57.1 Å². The number of rotatable bonds is 7. The number of hydrogen-bond donors (Lipinski definition) is 2. The van der Waals surface area contributed by atoms with Crippen LogP contribution < -0.4 is 14.8 Å². The highest BCUT2D eigenvalue weighted by Gasteiger charge is 2.31. The summed E-state index contributed by atoms with van der Waals surface area (Å²) in [5.41, 5.74) is 0.0199. The molecule has 0 saturated carbocycles. The van der Waals surface area contributed by atoms with Gasteiger partial charge in [0.25, 0.3) is 5.69 Å². The van der Waals surface area contributed by atoms with Gasteiger partial charge in [0.05, 0.1) is 16.5 Å². The van der Waals surface area contributed by atoms with Crippen molar-refractivity contribution in [3.8, 4) is 11.5 Å². The Hall–Kier alpha value is -3.27. The molecule has 1 atom stereocenters. The molecular formula is C18H16BrN3O6. The summed E-state index contributed by atoms with van der Waals surface area (Å²) in [6, 6.07) is 9.62. The van der Waals surface area contributed by atoms with Crippen LogP contribution >= 0.6 is 15.9 Å². The Morgan fingerprint density at radius 1 is 1.21 bits per heavy atom. The molecule has 0 fully saturated rings. The van der Waals surface area contributed by atoms with Gasteiger partial charge < -0.3 is 20.2 Å². The number of carbonyl (C=O) groups excluding carboxylic acids is 2. The van der Waals surface area contributed by atoms with Crippen molar-refractivity contribution in [1.29, 1.82) is 5.41 Å². The van der Waals surface area contributed by atoms with E-state index in [1.165, 1.54) is 38.3 Å². The molecule has 0 saturated heterocycles. The van der Waals surface area contributed by atoms with E-state index in [2.05, 4.69) is 21.2 Å². The predicted octanol–water partition coefficient (Wildman–Crippen LogP) is 3.57. The topological polar surface area (TPSA) is 132 Å². The number of esters is 1. The minimum absolute atomic E-state index is 0.0295. The molecule has 146 valence electrons. The molecule has 0 aromatic heterocycles. The van der Waals surface area contributed by atoms with Crippen molar-refractivity contribution in [2.24, 2.45) is 5.92 Å². The molecule has 2 rings (SSSR count). The quantitative estimate of drug-likeness (QED) is 0.166. The van der Waals surface area contributed by atoms with Crippen molar-refractivity contribution in [3.63, 3.8) is 0 Å². The number of nitrogens with one attached hydrogen (secondary N) is 2. The van der Waals surface area contributed by atoms with Gasteiger partial charge in [0.1, 0.15) is 11.5 Å². The van der Waals surface area contributed by atoms with Crippen molar-refractivity contribution < 1.29 is 24.0 Å². The lowest BCUT2D eigenvalue weighted by atomic mass is 10.0. The average Bonchev–Trinajstić information content (AvgIpc) is 2.62. The summed E-state index contributed by atoms with van der Waals surface area (Å²) in [7, 11) is 1.50. The van der Waals surface area contributed by atoms with Gasteiger partial charge in [-0.15, -0.1) is 0 Å². The van der Waals surface area contributed by atoms with Crippen LogP contribution in [0.3, 0.4) is 0 Å². The molecule has 0 aliphatic carbocycles. The van der Waals surface area contributed by atoms with Gasteiger partial charge >= 0.3 is 5.97 Å². The molecule has 2 N–H and O–H groups in total. The summed E-state index contributed by atoms with van der Waals surface area (Å²) >= 11 is 3.29. The molecule has 0 bridgehead atoms. The van der Waals surface area contributed by atoms with Crippen LogP contribution in [0.4, 0.5) is 11.4 Å². The Bertz CT molecular complexity index is 929. The Morgan fingerprint density at radius 2 is 1.86 bits per heavy atom. The molecule has 0 aliphatic rings. The fraction of sp³-hybridized carbons (Fsp3) is 0.167. The summed E-state index contributed by atoms with van der Waals surface area (Å²) in [6.45, 7) is 1.31. The summed E-state index contributed by atoms with van der Waals surface area (Å²) < 4.78 is 10.8. The van der Waals surface area contributed by atoms with Crippen LogP contribution in [0.15, 0.2) is 46.9 Å². The first-order chi connectivity index (χ1) is 13.2. The van der Waals surface area contributed by atoms with E-state index in [0.29, 0.717) is 15.9 Å². The second-order valence-corrected chi connectivity index (χ2v) is 6.48. The fourth-order valence-corrected chi connectivity index (χ4v) is 2.79.